The predicted octanol–water partition coefficient (Wildman–Crippen LogP) is 6.89. The molecule has 214 valence electrons. The van der Waals surface area contributed by atoms with E-state index in [2.05, 4.69) is 18.8 Å². The molecule has 4 rings (SSSR count). The SMILES string of the molecule is CC(=O)c1ccccc1N=CC1CC1(C)CCCC(C)(C)O.CC(C)(O)CCCC1(C)CC1C1OCCO1. The van der Waals surface area contributed by atoms with Gasteiger partial charge in [-0.25, -0.2) is 0 Å². The highest BCUT2D eigenvalue weighted by atomic mass is 16.7. The number of aliphatic hydroxyl groups is 2. The molecule has 2 saturated carbocycles. The molecule has 2 N–H and O–H groups in total. The van der Waals surface area contributed by atoms with Gasteiger partial charge in [-0.3, -0.25) is 9.79 Å². The second kappa shape index (κ2) is 12.3. The molecule has 4 atom stereocenters. The first-order chi connectivity index (χ1) is 17.6. The van der Waals surface area contributed by atoms with Crippen molar-refractivity contribution in [2.24, 2.45) is 27.7 Å². The van der Waals surface area contributed by atoms with Crippen LogP contribution in [0.2, 0.25) is 0 Å². The average Bonchev–Trinajstić information content (AvgIpc) is 3.54. The zero-order valence-electron chi connectivity index (χ0n) is 24.8. The van der Waals surface area contributed by atoms with Gasteiger partial charge in [-0.1, -0.05) is 38.8 Å². The van der Waals surface area contributed by atoms with Crippen LogP contribution in [0.25, 0.3) is 0 Å². The van der Waals surface area contributed by atoms with E-state index in [-0.39, 0.29) is 12.1 Å². The Morgan fingerprint density at radius 2 is 1.53 bits per heavy atom. The molecule has 3 fully saturated rings. The summed E-state index contributed by atoms with van der Waals surface area (Å²) in [6, 6.07) is 7.49. The Kier molecular flexibility index (Phi) is 10.00. The van der Waals surface area contributed by atoms with Crippen LogP contribution >= 0.6 is 0 Å². The molecule has 1 aromatic carbocycles. The second-order valence-electron chi connectivity index (χ2n) is 13.7. The van der Waals surface area contributed by atoms with Crippen molar-refractivity contribution in [3.8, 4) is 0 Å². The molecule has 2 aliphatic carbocycles. The van der Waals surface area contributed by atoms with E-state index in [1.54, 1.807) is 6.92 Å². The van der Waals surface area contributed by atoms with E-state index in [9.17, 15) is 15.0 Å². The molecule has 1 aliphatic heterocycles. The molecule has 1 saturated heterocycles. The molecular formula is C32H51NO5. The molecule has 38 heavy (non-hydrogen) atoms. The summed E-state index contributed by atoms with van der Waals surface area (Å²) in [6.07, 6.45) is 10.5. The van der Waals surface area contributed by atoms with Crippen molar-refractivity contribution < 1.29 is 24.5 Å². The highest BCUT2D eigenvalue weighted by Crippen LogP contribution is 2.59. The van der Waals surface area contributed by atoms with Gasteiger partial charge in [0.05, 0.1) is 30.1 Å². The first-order valence-corrected chi connectivity index (χ1v) is 14.4. The maximum Gasteiger partial charge on any atom is 0.161 e. The van der Waals surface area contributed by atoms with Crippen LogP contribution in [-0.4, -0.2) is 52.9 Å². The number of carbonyl (C=O) groups excluding carboxylic acids is 1. The summed E-state index contributed by atoms with van der Waals surface area (Å²) < 4.78 is 11.1. The first-order valence-electron chi connectivity index (χ1n) is 14.4. The average molecular weight is 530 g/mol. The van der Waals surface area contributed by atoms with Gasteiger partial charge >= 0.3 is 0 Å². The normalized spacial score (nSPS) is 29.3. The number of benzene rings is 1. The summed E-state index contributed by atoms with van der Waals surface area (Å²) in [5, 5.41) is 19.4. The van der Waals surface area contributed by atoms with E-state index in [4.69, 9.17) is 9.47 Å². The fourth-order valence-corrected chi connectivity index (χ4v) is 5.63. The minimum Gasteiger partial charge on any atom is -0.390 e. The summed E-state index contributed by atoms with van der Waals surface area (Å²) in [5.74, 6) is 1.11. The molecule has 1 aromatic rings. The van der Waals surface area contributed by atoms with Crippen molar-refractivity contribution in [2.75, 3.05) is 13.2 Å². The number of ether oxygens (including phenoxy) is 2. The van der Waals surface area contributed by atoms with Crippen molar-refractivity contribution in [2.45, 2.75) is 117 Å². The summed E-state index contributed by atoms with van der Waals surface area (Å²) in [6.45, 7) is 15.2. The maximum atomic E-state index is 11.6. The van der Waals surface area contributed by atoms with E-state index in [1.807, 2.05) is 58.2 Å². The molecule has 0 spiro atoms. The van der Waals surface area contributed by atoms with E-state index >= 15 is 0 Å². The van der Waals surface area contributed by atoms with Gasteiger partial charge in [-0.05, 0) is 96.1 Å². The molecule has 6 nitrogen and oxygen atoms in total. The summed E-state index contributed by atoms with van der Waals surface area (Å²) in [7, 11) is 0. The Morgan fingerprint density at radius 1 is 0.974 bits per heavy atom. The lowest BCUT2D eigenvalue weighted by atomic mass is 9.93. The highest BCUT2D eigenvalue weighted by Gasteiger charge is 2.55. The largest absolute Gasteiger partial charge is 0.390 e. The molecule has 1 heterocycles. The third-order valence-corrected chi connectivity index (χ3v) is 8.57. The van der Waals surface area contributed by atoms with Gasteiger partial charge in [-0.2, -0.15) is 0 Å². The van der Waals surface area contributed by atoms with E-state index in [0.717, 1.165) is 57.4 Å². The van der Waals surface area contributed by atoms with Gasteiger partial charge in [0.1, 0.15) is 0 Å². The Morgan fingerprint density at radius 3 is 2.08 bits per heavy atom. The second-order valence-corrected chi connectivity index (χ2v) is 13.7. The third kappa shape index (κ3) is 9.55. The fourth-order valence-electron chi connectivity index (χ4n) is 5.63. The van der Waals surface area contributed by atoms with Crippen LogP contribution in [-0.2, 0) is 9.47 Å². The smallest absolute Gasteiger partial charge is 0.161 e. The number of Topliss-reactive ketones (excluding diaryl/α,β-unsaturated/α-hetero) is 1. The number of para-hydroxylation sites is 1. The Hall–Kier alpha value is -1.60. The minimum atomic E-state index is -0.574. The lowest BCUT2D eigenvalue weighted by Crippen LogP contribution is -2.19. The molecule has 6 heteroatoms. The van der Waals surface area contributed by atoms with Gasteiger partial charge in [0.15, 0.2) is 12.1 Å². The molecule has 4 unspecified atom stereocenters. The van der Waals surface area contributed by atoms with Crippen LogP contribution in [0, 0.1) is 22.7 Å². The zero-order chi connectivity index (χ0) is 28.2. The summed E-state index contributed by atoms with van der Waals surface area (Å²) in [4.78, 5) is 16.1. The van der Waals surface area contributed by atoms with Crippen molar-refractivity contribution in [1.82, 2.24) is 0 Å². The maximum absolute atomic E-state index is 11.6. The van der Waals surface area contributed by atoms with Crippen molar-refractivity contribution in [1.29, 1.82) is 0 Å². The van der Waals surface area contributed by atoms with Crippen molar-refractivity contribution >= 4 is 17.7 Å². The van der Waals surface area contributed by atoms with E-state index in [0.29, 0.717) is 28.2 Å². The third-order valence-electron chi connectivity index (χ3n) is 8.57. The predicted molar refractivity (Wildman–Crippen MR) is 153 cm³/mol. The number of carbonyl (C=O) groups is 1. The lowest BCUT2D eigenvalue weighted by Gasteiger charge is -2.19. The van der Waals surface area contributed by atoms with Gasteiger partial charge in [-0.15, -0.1) is 0 Å². The van der Waals surface area contributed by atoms with Crippen LogP contribution < -0.4 is 0 Å². The number of hydrogen-bond donors (Lipinski definition) is 2. The van der Waals surface area contributed by atoms with Gasteiger partial charge in [0, 0.05) is 23.6 Å². The summed E-state index contributed by atoms with van der Waals surface area (Å²) in [5.41, 5.74) is 1.04. The Bertz CT molecular complexity index is 955. The van der Waals surface area contributed by atoms with Crippen molar-refractivity contribution in [3.05, 3.63) is 29.8 Å². The van der Waals surface area contributed by atoms with E-state index < -0.39 is 11.2 Å². The van der Waals surface area contributed by atoms with Gasteiger partial charge < -0.3 is 19.7 Å². The zero-order valence-corrected chi connectivity index (χ0v) is 24.8. The van der Waals surface area contributed by atoms with Crippen LogP contribution in [0.15, 0.2) is 29.3 Å². The summed E-state index contributed by atoms with van der Waals surface area (Å²) >= 11 is 0. The number of nitrogens with zero attached hydrogens (tertiary/aromatic N) is 1. The highest BCUT2D eigenvalue weighted by molar-refractivity contribution is 5.99. The Labute approximate surface area is 230 Å². The number of rotatable bonds is 12. The molecule has 3 aliphatic rings. The monoisotopic (exact) mass is 529 g/mol. The quantitative estimate of drug-likeness (QED) is 0.227. The fraction of sp³-hybridized carbons (Fsp3) is 0.750. The molecule has 0 radical (unpaired) electrons. The van der Waals surface area contributed by atoms with Gasteiger partial charge in [0.2, 0.25) is 0 Å². The molecule has 0 aromatic heterocycles. The Balaban J connectivity index is 0.000000221. The number of hydrogen-bond acceptors (Lipinski definition) is 6. The standard InChI is InChI=1S/C19H27NO2.C13H24O3/c1-14(21)16-8-5-6-9-17(16)20-13-15-12-19(15,4)11-7-10-18(2,3)22;1-12(2,14)5-4-6-13(3)9-10(13)11-15-7-8-16-11/h5-6,8-9,13,15,22H,7,10-12H2,1-4H3;10-11,14H,4-9H2,1-3H3. The molecular weight excluding hydrogens is 478 g/mol. The van der Waals surface area contributed by atoms with Gasteiger partial charge in [0.25, 0.3) is 0 Å². The van der Waals surface area contributed by atoms with Crippen LogP contribution in [0.1, 0.15) is 110 Å². The van der Waals surface area contributed by atoms with Crippen LogP contribution in [0.3, 0.4) is 0 Å². The number of aliphatic imine (C=N–C) groups is 1. The lowest BCUT2D eigenvalue weighted by molar-refractivity contribution is -0.0664. The number of ketones is 1. The van der Waals surface area contributed by atoms with Crippen LogP contribution in [0.5, 0.6) is 0 Å². The molecule has 0 bridgehead atoms. The van der Waals surface area contributed by atoms with Crippen molar-refractivity contribution in [3.63, 3.8) is 0 Å². The first kappa shape index (κ1) is 30.9. The topological polar surface area (TPSA) is 88.4 Å². The minimum absolute atomic E-state index is 0.0483. The molecule has 0 amide bonds. The van der Waals surface area contributed by atoms with Crippen LogP contribution in [0.4, 0.5) is 5.69 Å². The van der Waals surface area contributed by atoms with E-state index in [1.165, 1.54) is 12.8 Å².